The van der Waals surface area contributed by atoms with Gasteiger partial charge in [0, 0.05) is 11.7 Å². The number of fused-ring (bicyclic) bond motifs is 3. The number of rotatable bonds is 19. The van der Waals surface area contributed by atoms with Gasteiger partial charge in [-0.15, -0.1) is 11.8 Å². The second-order valence-corrected chi connectivity index (χ2v) is 17.5. The van der Waals surface area contributed by atoms with Crippen LogP contribution < -0.4 is 16.0 Å². The number of carboxylic acid groups (broad SMARTS) is 1. The molecule has 1 aliphatic carbocycles. The van der Waals surface area contributed by atoms with E-state index in [1.807, 2.05) is 141 Å². The Labute approximate surface area is 362 Å². The minimum absolute atomic E-state index is 0.0235. The van der Waals surface area contributed by atoms with Gasteiger partial charge in [0.2, 0.25) is 11.8 Å². The number of hydrogen-bond acceptors (Lipinski definition) is 7. The number of amides is 3. The molecule has 0 aliphatic heterocycles. The fourth-order valence-corrected chi connectivity index (χ4v) is 9.75. The standard InChI is InChI=1S/C50H55N3O7S/c1-32(2)28-42(52-49(59)60-30-41-39-26-16-14-24-37(39)38-25-15-17-27-40(38)41)47(57)51-43(48(58)53-46(33(3)4)44(54)29-45(55)56)31-61-50(34-18-8-5-9-19-34,35-20-10-6-11-21-35)36-22-12-7-13-23-36/h5-27,32-33,41-44,46,54H,28-31H2,1-4H3,(H,51,57)(H,52,59)(H,53,58)(H,55,56)/t42-,43-,44+,46-/m1/s1. The molecule has 5 aromatic rings. The first-order valence-electron chi connectivity index (χ1n) is 20.8. The molecule has 0 bridgehead atoms. The van der Waals surface area contributed by atoms with Crippen LogP contribution in [0.4, 0.5) is 4.79 Å². The molecule has 5 aromatic carbocycles. The first kappa shape index (κ1) is 44.6. The number of hydrogen-bond donors (Lipinski definition) is 5. The number of thioether (sulfide) groups is 1. The molecule has 1 aliphatic rings. The van der Waals surface area contributed by atoms with Crippen LogP contribution in [0.2, 0.25) is 0 Å². The van der Waals surface area contributed by atoms with Crippen molar-refractivity contribution in [3.8, 4) is 11.1 Å². The first-order valence-corrected chi connectivity index (χ1v) is 21.8. The first-order chi connectivity index (χ1) is 29.4. The molecular weight excluding hydrogens is 787 g/mol. The lowest BCUT2D eigenvalue weighted by Gasteiger charge is -2.37. The van der Waals surface area contributed by atoms with Crippen molar-refractivity contribution < 1.29 is 34.1 Å². The van der Waals surface area contributed by atoms with Gasteiger partial charge in [0.1, 0.15) is 18.7 Å². The van der Waals surface area contributed by atoms with Crippen molar-refractivity contribution in [2.24, 2.45) is 11.8 Å². The molecule has 0 radical (unpaired) electrons. The van der Waals surface area contributed by atoms with E-state index in [0.717, 1.165) is 38.9 Å². The van der Waals surface area contributed by atoms with Crippen LogP contribution in [0.25, 0.3) is 11.1 Å². The maximum atomic E-state index is 14.5. The zero-order valence-electron chi connectivity index (χ0n) is 35.0. The lowest BCUT2D eigenvalue weighted by molar-refractivity contribution is -0.140. The molecule has 10 nitrogen and oxygen atoms in total. The second-order valence-electron chi connectivity index (χ2n) is 16.2. The summed E-state index contributed by atoms with van der Waals surface area (Å²) in [5.74, 6) is -2.88. The summed E-state index contributed by atoms with van der Waals surface area (Å²) in [5, 5.41) is 29.1. The van der Waals surface area contributed by atoms with E-state index in [1.165, 1.54) is 11.8 Å². The van der Waals surface area contributed by atoms with E-state index >= 15 is 0 Å². The summed E-state index contributed by atoms with van der Waals surface area (Å²) in [5.41, 5.74) is 7.17. The average molecular weight is 842 g/mol. The fraction of sp³-hybridized carbons (Fsp3) is 0.320. The molecule has 4 atom stereocenters. The smallest absolute Gasteiger partial charge is 0.407 e. The molecule has 0 heterocycles. The number of nitrogens with one attached hydrogen (secondary N) is 3. The Morgan fingerprint density at radius 3 is 1.56 bits per heavy atom. The van der Waals surface area contributed by atoms with Gasteiger partial charge in [-0.25, -0.2) is 4.79 Å². The maximum Gasteiger partial charge on any atom is 0.407 e. The number of ether oxygens (including phenoxy) is 1. The van der Waals surface area contributed by atoms with Crippen molar-refractivity contribution in [2.75, 3.05) is 12.4 Å². The van der Waals surface area contributed by atoms with Crippen LogP contribution in [0.3, 0.4) is 0 Å². The third-order valence-corrected chi connectivity index (χ3v) is 12.8. The van der Waals surface area contributed by atoms with Crippen molar-refractivity contribution in [1.82, 2.24) is 16.0 Å². The van der Waals surface area contributed by atoms with Crippen LogP contribution in [-0.4, -0.2) is 70.7 Å². The van der Waals surface area contributed by atoms with Gasteiger partial charge in [0.15, 0.2) is 0 Å². The van der Waals surface area contributed by atoms with Crippen molar-refractivity contribution in [3.05, 3.63) is 167 Å². The fourth-order valence-electron chi connectivity index (χ4n) is 8.20. The van der Waals surface area contributed by atoms with E-state index < -0.39 is 59.3 Å². The van der Waals surface area contributed by atoms with Gasteiger partial charge in [-0.05, 0) is 57.2 Å². The van der Waals surface area contributed by atoms with E-state index in [2.05, 4.69) is 28.1 Å². The predicted octanol–water partition coefficient (Wildman–Crippen LogP) is 8.13. The highest BCUT2D eigenvalue weighted by Gasteiger charge is 2.40. The van der Waals surface area contributed by atoms with Crippen LogP contribution in [0.5, 0.6) is 0 Å². The van der Waals surface area contributed by atoms with Gasteiger partial charge < -0.3 is 30.9 Å². The number of carbonyl (C=O) groups excluding carboxylic acids is 3. The monoisotopic (exact) mass is 841 g/mol. The van der Waals surface area contributed by atoms with Crippen LogP contribution in [0, 0.1) is 11.8 Å². The number of carboxylic acids is 1. The molecule has 0 aromatic heterocycles. The lowest BCUT2D eigenvalue weighted by Crippen LogP contribution is -2.58. The molecule has 0 saturated carbocycles. The van der Waals surface area contributed by atoms with Crippen LogP contribution in [0.15, 0.2) is 140 Å². The van der Waals surface area contributed by atoms with Crippen molar-refractivity contribution in [3.63, 3.8) is 0 Å². The molecule has 3 amide bonds. The molecule has 5 N–H and O–H groups in total. The van der Waals surface area contributed by atoms with E-state index in [9.17, 15) is 29.4 Å². The van der Waals surface area contributed by atoms with Gasteiger partial charge >= 0.3 is 12.1 Å². The highest BCUT2D eigenvalue weighted by molar-refractivity contribution is 8.00. The molecule has 0 unspecified atom stereocenters. The predicted molar refractivity (Wildman–Crippen MR) is 240 cm³/mol. The Morgan fingerprint density at radius 1 is 0.639 bits per heavy atom. The maximum absolute atomic E-state index is 14.5. The Kier molecular flexibility index (Phi) is 15.1. The quantitative estimate of drug-likeness (QED) is 0.0523. The number of carbonyl (C=O) groups is 4. The van der Waals surface area contributed by atoms with Crippen LogP contribution in [-0.2, 0) is 23.9 Å². The third kappa shape index (κ3) is 10.7. The second kappa shape index (κ2) is 20.6. The Hall–Kier alpha value is -5.91. The molecule has 6 rings (SSSR count). The van der Waals surface area contributed by atoms with E-state index in [0.29, 0.717) is 0 Å². The molecule has 11 heteroatoms. The van der Waals surface area contributed by atoms with Gasteiger partial charge in [-0.1, -0.05) is 167 Å². The summed E-state index contributed by atoms with van der Waals surface area (Å²) in [6.07, 6.45) is -2.46. The average Bonchev–Trinajstić information content (AvgIpc) is 3.58. The minimum Gasteiger partial charge on any atom is -0.481 e. The summed E-state index contributed by atoms with van der Waals surface area (Å²) in [7, 11) is 0. The van der Waals surface area contributed by atoms with Crippen LogP contribution in [0.1, 0.15) is 74.3 Å². The summed E-state index contributed by atoms with van der Waals surface area (Å²) in [6, 6.07) is 42.7. The number of benzene rings is 5. The van der Waals surface area contributed by atoms with Crippen LogP contribution >= 0.6 is 11.8 Å². The van der Waals surface area contributed by atoms with E-state index in [1.54, 1.807) is 13.8 Å². The Morgan fingerprint density at radius 2 is 1.10 bits per heavy atom. The Bertz CT molecular complexity index is 2110. The summed E-state index contributed by atoms with van der Waals surface area (Å²) in [6.45, 7) is 7.49. The molecular formula is C50H55N3O7S. The SMILES string of the molecule is CC(C)C[C@@H](NC(=O)OCC1c2ccccc2-c2ccccc21)C(=O)N[C@H](CSC(c1ccccc1)(c1ccccc1)c1ccccc1)C(=O)N[C@H](C(C)C)[C@@H](O)CC(=O)O. The molecule has 0 spiro atoms. The summed E-state index contributed by atoms with van der Waals surface area (Å²) in [4.78, 5) is 54.2. The number of aliphatic carboxylic acids is 1. The Balaban J connectivity index is 1.29. The zero-order chi connectivity index (χ0) is 43.5. The highest BCUT2D eigenvalue weighted by Crippen LogP contribution is 2.49. The molecule has 318 valence electrons. The normalized spacial score (nSPS) is 14.3. The highest BCUT2D eigenvalue weighted by atomic mass is 32.2. The topological polar surface area (TPSA) is 154 Å². The minimum atomic E-state index is -1.38. The number of alkyl carbamates (subject to hydrolysis) is 1. The third-order valence-electron chi connectivity index (χ3n) is 11.1. The number of aliphatic hydroxyl groups is 1. The number of aliphatic hydroxyl groups excluding tert-OH is 1. The van der Waals surface area contributed by atoms with E-state index in [4.69, 9.17) is 4.74 Å². The summed E-state index contributed by atoms with van der Waals surface area (Å²) >= 11 is 1.47. The van der Waals surface area contributed by atoms with Crippen molar-refractivity contribution in [2.45, 2.75) is 75.4 Å². The lowest BCUT2D eigenvalue weighted by atomic mass is 9.84. The van der Waals surface area contributed by atoms with Crippen molar-refractivity contribution in [1.29, 1.82) is 0 Å². The van der Waals surface area contributed by atoms with Gasteiger partial charge in [0.25, 0.3) is 0 Å². The zero-order valence-corrected chi connectivity index (χ0v) is 35.8. The largest absolute Gasteiger partial charge is 0.481 e. The van der Waals surface area contributed by atoms with Gasteiger partial charge in [0.05, 0.1) is 23.3 Å². The van der Waals surface area contributed by atoms with E-state index in [-0.39, 0.29) is 36.5 Å². The molecule has 61 heavy (non-hydrogen) atoms. The molecule has 0 saturated heterocycles. The van der Waals surface area contributed by atoms with Gasteiger partial charge in [-0.2, -0.15) is 0 Å². The summed E-state index contributed by atoms with van der Waals surface area (Å²) < 4.78 is 5.00. The molecule has 0 fully saturated rings. The van der Waals surface area contributed by atoms with Crippen molar-refractivity contribution >= 4 is 35.6 Å². The van der Waals surface area contributed by atoms with Gasteiger partial charge in [-0.3, -0.25) is 14.4 Å².